The van der Waals surface area contributed by atoms with Crippen molar-refractivity contribution in [3.8, 4) is 0 Å². The lowest BCUT2D eigenvalue weighted by molar-refractivity contribution is -0.384. The molecule has 2 aromatic rings. The van der Waals surface area contributed by atoms with Gasteiger partial charge in [-0.15, -0.1) is 0 Å². The maximum Gasteiger partial charge on any atom is 0.294 e. The van der Waals surface area contributed by atoms with E-state index in [1.54, 1.807) is 40.1 Å². The molecular weight excluding hydrogens is 443 g/mol. The molecule has 0 atom stereocenters. The summed E-state index contributed by atoms with van der Waals surface area (Å²) in [7, 11) is 0. The third-order valence-corrected chi connectivity index (χ3v) is 6.07. The van der Waals surface area contributed by atoms with Gasteiger partial charge in [0.25, 0.3) is 11.6 Å². The Bertz CT molecular complexity index is 1050. The smallest absolute Gasteiger partial charge is 0.294 e. The Balaban J connectivity index is 1.52. The lowest BCUT2D eigenvalue weighted by Crippen LogP contribution is -2.49. The molecule has 2 heterocycles. The molecule has 0 aliphatic carbocycles. The molecule has 162 valence electrons. The highest BCUT2D eigenvalue weighted by atomic mass is 35.5. The number of nitro benzene ring substituents is 1. The molecule has 2 aliphatic rings. The maximum absolute atomic E-state index is 13.3. The molecule has 2 saturated heterocycles. The normalized spacial score (nSPS) is 16.7. The van der Waals surface area contributed by atoms with E-state index in [-0.39, 0.29) is 17.5 Å². The molecule has 0 bridgehead atoms. The van der Waals surface area contributed by atoms with Crippen molar-refractivity contribution in [3.05, 3.63) is 62.1 Å². The molecule has 0 saturated carbocycles. The number of benzene rings is 2. The number of halogens is 2. The first kappa shape index (κ1) is 21.4. The van der Waals surface area contributed by atoms with E-state index < -0.39 is 4.92 Å². The molecule has 0 N–H and O–H groups in total. The van der Waals surface area contributed by atoms with Gasteiger partial charge in [-0.3, -0.25) is 19.7 Å². The molecule has 2 fully saturated rings. The Morgan fingerprint density at radius 2 is 1.61 bits per heavy atom. The number of carbonyl (C=O) groups excluding carboxylic acids is 2. The molecule has 2 aromatic carbocycles. The largest absolute Gasteiger partial charge is 0.362 e. The minimum absolute atomic E-state index is 0.0174. The Morgan fingerprint density at radius 1 is 0.935 bits per heavy atom. The lowest BCUT2D eigenvalue weighted by atomic mass is 10.1. The van der Waals surface area contributed by atoms with Crippen LogP contribution in [0.5, 0.6) is 0 Å². The van der Waals surface area contributed by atoms with Crippen LogP contribution >= 0.6 is 23.2 Å². The minimum atomic E-state index is -0.453. The molecule has 31 heavy (non-hydrogen) atoms. The van der Waals surface area contributed by atoms with Crippen LogP contribution in [-0.2, 0) is 4.79 Å². The summed E-state index contributed by atoms with van der Waals surface area (Å²) < 4.78 is 0. The van der Waals surface area contributed by atoms with Gasteiger partial charge in [-0.2, -0.15) is 0 Å². The van der Waals surface area contributed by atoms with Gasteiger partial charge in [-0.1, -0.05) is 23.2 Å². The van der Waals surface area contributed by atoms with E-state index in [1.165, 1.54) is 6.07 Å². The van der Waals surface area contributed by atoms with E-state index >= 15 is 0 Å². The monoisotopic (exact) mass is 462 g/mol. The van der Waals surface area contributed by atoms with Gasteiger partial charge in [0.2, 0.25) is 5.91 Å². The molecule has 4 rings (SSSR count). The zero-order valence-electron chi connectivity index (χ0n) is 16.6. The molecular formula is C21H20Cl2N4O4. The molecule has 2 aliphatic heterocycles. The fourth-order valence-electron chi connectivity index (χ4n) is 4.04. The second kappa shape index (κ2) is 8.72. The van der Waals surface area contributed by atoms with E-state index in [2.05, 4.69) is 0 Å². The molecule has 0 unspecified atom stereocenters. The van der Waals surface area contributed by atoms with Gasteiger partial charge in [-0.25, -0.2) is 0 Å². The van der Waals surface area contributed by atoms with Crippen LogP contribution in [0.3, 0.4) is 0 Å². The highest BCUT2D eigenvalue weighted by molar-refractivity contribution is 6.31. The average Bonchev–Trinajstić information content (AvgIpc) is 3.19. The lowest BCUT2D eigenvalue weighted by Gasteiger charge is -2.36. The highest BCUT2D eigenvalue weighted by Gasteiger charge is 2.30. The van der Waals surface area contributed by atoms with E-state index in [9.17, 15) is 19.7 Å². The maximum atomic E-state index is 13.3. The average molecular weight is 463 g/mol. The van der Waals surface area contributed by atoms with Gasteiger partial charge in [0.15, 0.2) is 0 Å². The number of piperazine rings is 1. The van der Waals surface area contributed by atoms with Crippen LogP contribution in [0.25, 0.3) is 0 Å². The summed E-state index contributed by atoms with van der Waals surface area (Å²) in [5.41, 5.74) is 1.40. The van der Waals surface area contributed by atoms with Crippen molar-refractivity contribution in [2.45, 2.75) is 12.8 Å². The number of amides is 2. The van der Waals surface area contributed by atoms with Crippen molar-refractivity contribution < 1.29 is 14.5 Å². The van der Waals surface area contributed by atoms with Crippen LogP contribution in [0.4, 0.5) is 17.1 Å². The summed E-state index contributed by atoms with van der Waals surface area (Å²) in [4.78, 5) is 41.6. The number of nitro groups is 1. The number of carbonyl (C=O) groups is 2. The zero-order chi connectivity index (χ0) is 22.1. The third kappa shape index (κ3) is 4.31. The van der Waals surface area contributed by atoms with Crippen LogP contribution < -0.4 is 9.80 Å². The first-order chi connectivity index (χ1) is 14.8. The minimum Gasteiger partial charge on any atom is -0.362 e. The molecule has 2 amide bonds. The van der Waals surface area contributed by atoms with Crippen LogP contribution in [0.15, 0.2) is 36.4 Å². The fourth-order valence-corrected chi connectivity index (χ4v) is 4.38. The first-order valence-corrected chi connectivity index (χ1v) is 10.7. The Labute approximate surface area is 189 Å². The quantitative estimate of drug-likeness (QED) is 0.506. The molecule has 10 heteroatoms. The van der Waals surface area contributed by atoms with Crippen LogP contribution in [0.2, 0.25) is 10.0 Å². The Kier molecular flexibility index (Phi) is 6.02. The number of rotatable bonds is 4. The second-order valence-corrected chi connectivity index (χ2v) is 8.35. The predicted octanol–water partition coefficient (Wildman–Crippen LogP) is 3.99. The highest BCUT2D eigenvalue weighted by Crippen LogP contribution is 2.33. The van der Waals surface area contributed by atoms with Crippen molar-refractivity contribution in [1.29, 1.82) is 0 Å². The molecule has 0 spiro atoms. The van der Waals surface area contributed by atoms with E-state index in [1.807, 2.05) is 4.90 Å². The van der Waals surface area contributed by atoms with Crippen molar-refractivity contribution in [1.82, 2.24) is 4.90 Å². The first-order valence-electron chi connectivity index (χ1n) is 9.93. The number of hydrogen-bond donors (Lipinski definition) is 0. The van der Waals surface area contributed by atoms with Crippen molar-refractivity contribution >= 4 is 52.1 Å². The number of anilines is 2. The second-order valence-electron chi connectivity index (χ2n) is 7.48. The summed E-state index contributed by atoms with van der Waals surface area (Å²) in [5.74, 6) is -0.201. The summed E-state index contributed by atoms with van der Waals surface area (Å²) >= 11 is 12.0. The van der Waals surface area contributed by atoms with Gasteiger partial charge < -0.3 is 14.7 Å². The number of hydrogen-bond acceptors (Lipinski definition) is 5. The summed E-state index contributed by atoms with van der Waals surface area (Å²) in [5, 5.41) is 12.2. The summed E-state index contributed by atoms with van der Waals surface area (Å²) in [6, 6.07) is 9.55. The van der Waals surface area contributed by atoms with E-state index in [0.29, 0.717) is 66.1 Å². The van der Waals surface area contributed by atoms with E-state index in [0.717, 1.165) is 6.42 Å². The van der Waals surface area contributed by atoms with E-state index in [4.69, 9.17) is 23.2 Å². The summed E-state index contributed by atoms with van der Waals surface area (Å²) in [6.07, 6.45) is 1.20. The van der Waals surface area contributed by atoms with Gasteiger partial charge >= 0.3 is 0 Å². The molecule has 0 radical (unpaired) electrons. The predicted molar refractivity (Wildman–Crippen MR) is 119 cm³/mol. The van der Waals surface area contributed by atoms with Crippen LogP contribution in [-0.4, -0.2) is 54.4 Å². The van der Waals surface area contributed by atoms with Gasteiger partial charge in [0, 0.05) is 55.3 Å². The zero-order valence-corrected chi connectivity index (χ0v) is 18.1. The fraction of sp³-hybridized carbons (Fsp3) is 0.333. The van der Waals surface area contributed by atoms with Crippen molar-refractivity contribution in [2.75, 3.05) is 42.5 Å². The molecule has 0 aromatic heterocycles. The number of nitrogens with zero attached hydrogens (tertiary/aromatic N) is 4. The topological polar surface area (TPSA) is 87.0 Å². The van der Waals surface area contributed by atoms with Gasteiger partial charge in [0.05, 0.1) is 16.2 Å². The Morgan fingerprint density at radius 3 is 2.26 bits per heavy atom. The molecule has 8 nitrogen and oxygen atoms in total. The van der Waals surface area contributed by atoms with Crippen LogP contribution in [0, 0.1) is 10.1 Å². The van der Waals surface area contributed by atoms with Crippen LogP contribution in [0.1, 0.15) is 23.2 Å². The Hall–Kier alpha value is -2.84. The van der Waals surface area contributed by atoms with Crippen molar-refractivity contribution in [3.63, 3.8) is 0 Å². The third-order valence-electron chi connectivity index (χ3n) is 5.60. The van der Waals surface area contributed by atoms with Crippen molar-refractivity contribution in [2.24, 2.45) is 0 Å². The summed E-state index contributed by atoms with van der Waals surface area (Å²) in [6.45, 7) is 2.25. The SMILES string of the molecule is O=C(c1ccc(Cl)cc1N1CCCC1=O)N1CCN(c2ccc(Cl)cc2[N+](=O)[O-])CC1. The standard InChI is InChI=1S/C21H20Cl2N4O4/c22-14-3-5-16(18(12-14)26-7-1-2-20(26)28)21(29)25-10-8-24(9-11-25)17-6-4-15(23)13-19(17)27(30)31/h3-6,12-13H,1-2,7-11H2. The van der Waals surface area contributed by atoms with Gasteiger partial charge in [0.1, 0.15) is 5.69 Å². The van der Waals surface area contributed by atoms with Gasteiger partial charge in [-0.05, 0) is 36.8 Å².